The van der Waals surface area contributed by atoms with Gasteiger partial charge in [-0.05, 0) is 38.5 Å². The summed E-state index contributed by atoms with van der Waals surface area (Å²) in [7, 11) is 0. The molecule has 0 spiro atoms. The second-order valence-electron chi connectivity index (χ2n) is 7.13. The summed E-state index contributed by atoms with van der Waals surface area (Å²) in [6, 6.07) is 0. The SMILES string of the molecule is O=C(O)CCCCCCOC1(OCCCCC(=O)O)CCC(C(=O)O)CC1. The first kappa shape index (κ1) is 23.4. The Morgan fingerprint density at radius 3 is 1.67 bits per heavy atom. The van der Waals surface area contributed by atoms with Crippen LogP contribution in [0.3, 0.4) is 0 Å². The molecule has 3 N–H and O–H groups in total. The first-order valence-electron chi connectivity index (χ1n) is 9.79. The molecule has 0 unspecified atom stereocenters. The highest BCUT2D eigenvalue weighted by Crippen LogP contribution is 2.36. The Balaban J connectivity index is 2.36. The molecule has 8 heteroatoms. The molecular weight excluding hydrogens is 356 g/mol. The molecule has 1 rings (SSSR count). The van der Waals surface area contributed by atoms with Crippen molar-refractivity contribution in [1.82, 2.24) is 0 Å². The van der Waals surface area contributed by atoms with Crippen molar-refractivity contribution in [3.63, 3.8) is 0 Å². The Bertz CT molecular complexity index is 468. The lowest BCUT2D eigenvalue weighted by molar-refractivity contribution is -0.257. The van der Waals surface area contributed by atoms with Crippen molar-refractivity contribution in [3.05, 3.63) is 0 Å². The Hall–Kier alpha value is -1.67. The maximum atomic E-state index is 11.2. The molecule has 0 aromatic heterocycles. The predicted octanol–water partition coefficient (Wildman–Crippen LogP) is 3.28. The van der Waals surface area contributed by atoms with Crippen LogP contribution in [0.15, 0.2) is 0 Å². The van der Waals surface area contributed by atoms with Crippen LogP contribution in [-0.4, -0.2) is 52.2 Å². The van der Waals surface area contributed by atoms with E-state index in [0.29, 0.717) is 58.2 Å². The van der Waals surface area contributed by atoms with Crippen molar-refractivity contribution in [1.29, 1.82) is 0 Å². The van der Waals surface area contributed by atoms with Gasteiger partial charge in [0.05, 0.1) is 19.1 Å². The number of aliphatic carboxylic acids is 3. The summed E-state index contributed by atoms with van der Waals surface area (Å²) in [6.45, 7) is 0.879. The predicted molar refractivity (Wildman–Crippen MR) is 96.4 cm³/mol. The monoisotopic (exact) mass is 388 g/mol. The van der Waals surface area contributed by atoms with Gasteiger partial charge in [0, 0.05) is 25.7 Å². The third-order valence-electron chi connectivity index (χ3n) is 4.90. The molecule has 1 aliphatic carbocycles. The molecule has 0 aromatic rings. The Labute approximate surface area is 159 Å². The van der Waals surface area contributed by atoms with E-state index >= 15 is 0 Å². The van der Waals surface area contributed by atoms with E-state index < -0.39 is 23.7 Å². The van der Waals surface area contributed by atoms with E-state index in [2.05, 4.69) is 0 Å². The van der Waals surface area contributed by atoms with Crippen LogP contribution in [0.1, 0.15) is 77.0 Å². The molecule has 0 amide bonds. The van der Waals surface area contributed by atoms with Crippen molar-refractivity contribution in [2.45, 2.75) is 82.8 Å². The van der Waals surface area contributed by atoms with Gasteiger partial charge in [-0.3, -0.25) is 14.4 Å². The minimum absolute atomic E-state index is 0.106. The zero-order valence-electron chi connectivity index (χ0n) is 15.9. The van der Waals surface area contributed by atoms with Crippen molar-refractivity contribution >= 4 is 17.9 Å². The molecule has 0 radical (unpaired) electrons. The van der Waals surface area contributed by atoms with Crippen molar-refractivity contribution in [2.24, 2.45) is 5.92 Å². The number of hydrogen-bond acceptors (Lipinski definition) is 5. The quantitative estimate of drug-likeness (QED) is 0.288. The van der Waals surface area contributed by atoms with E-state index in [1.165, 1.54) is 0 Å². The number of rotatable bonds is 15. The van der Waals surface area contributed by atoms with Crippen molar-refractivity contribution in [3.8, 4) is 0 Å². The molecule has 1 aliphatic rings. The number of carbonyl (C=O) groups is 3. The molecule has 1 saturated carbocycles. The molecule has 0 saturated heterocycles. The average molecular weight is 388 g/mol. The van der Waals surface area contributed by atoms with Gasteiger partial charge in [0.1, 0.15) is 0 Å². The van der Waals surface area contributed by atoms with Crippen LogP contribution in [0.25, 0.3) is 0 Å². The van der Waals surface area contributed by atoms with Crippen LogP contribution in [0.4, 0.5) is 0 Å². The van der Waals surface area contributed by atoms with Gasteiger partial charge in [-0.1, -0.05) is 12.8 Å². The van der Waals surface area contributed by atoms with Crippen LogP contribution in [-0.2, 0) is 23.9 Å². The minimum atomic E-state index is -0.828. The summed E-state index contributed by atoms with van der Waals surface area (Å²) in [6.07, 6.45) is 6.64. The minimum Gasteiger partial charge on any atom is -0.481 e. The molecule has 8 nitrogen and oxygen atoms in total. The van der Waals surface area contributed by atoms with Crippen molar-refractivity contribution < 1.29 is 39.2 Å². The summed E-state index contributed by atoms with van der Waals surface area (Å²) in [5, 5.41) is 26.5. The first-order chi connectivity index (χ1) is 12.8. The lowest BCUT2D eigenvalue weighted by atomic mass is 9.85. The second kappa shape index (κ2) is 12.7. The van der Waals surface area contributed by atoms with Crippen LogP contribution in [0, 0.1) is 5.92 Å². The third-order valence-corrected chi connectivity index (χ3v) is 4.90. The van der Waals surface area contributed by atoms with Gasteiger partial charge in [0.2, 0.25) is 0 Å². The second-order valence-corrected chi connectivity index (χ2v) is 7.13. The van der Waals surface area contributed by atoms with Crippen LogP contribution in [0.5, 0.6) is 0 Å². The number of ether oxygens (including phenoxy) is 2. The maximum Gasteiger partial charge on any atom is 0.306 e. The zero-order valence-corrected chi connectivity index (χ0v) is 15.9. The number of carboxylic acids is 3. The fraction of sp³-hybridized carbons (Fsp3) is 0.842. The molecular formula is C19H32O8. The normalized spacial score (nSPS) is 22.4. The lowest BCUT2D eigenvalue weighted by Gasteiger charge is -2.39. The molecule has 0 atom stereocenters. The highest BCUT2D eigenvalue weighted by atomic mass is 16.7. The van der Waals surface area contributed by atoms with E-state index in [4.69, 9.17) is 24.8 Å². The van der Waals surface area contributed by atoms with E-state index in [1.807, 2.05) is 0 Å². The Morgan fingerprint density at radius 1 is 0.741 bits per heavy atom. The fourth-order valence-corrected chi connectivity index (χ4v) is 3.26. The topological polar surface area (TPSA) is 130 Å². The van der Waals surface area contributed by atoms with Crippen molar-refractivity contribution in [2.75, 3.05) is 13.2 Å². The molecule has 1 fully saturated rings. The van der Waals surface area contributed by atoms with Gasteiger partial charge in [-0.2, -0.15) is 0 Å². The van der Waals surface area contributed by atoms with Gasteiger partial charge in [-0.15, -0.1) is 0 Å². The van der Waals surface area contributed by atoms with Gasteiger partial charge < -0.3 is 24.8 Å². The summed E-state index contributed by atoms with van der Waals surface area (Å²) >= 11 is 0. The molecule has 0 aromatic carbocycles. The van der Waals surface area contributed by atoms with Gasteiger partial charge in [0.15, 0.2) is 5.79 Å². The van der Waals surface area contributed by atoms with E-state index in [-0.39, 0.29) is 18.8 Å². The number of unbranched alkanes of at least 4 members (excludes halogenated alkanes) is 4. The smallest absolute Gasteiger partial charge is 0.306 e. The summed E-state index contributed by atoms with van der Waals surface area (Å²) < 4.78 is 12.0. The van der Waals surface area contributed by atoms with E-state index in [1.54, 1.807) is 0 Å². The summed E-state index contributed by atoms with van der Waals surface area (Å²) in [5.41, 5.74) is 0. The molecule has 0 aliphatic heterocycles. The van der Waals surface area contributed by atoms with E-state index in [9.17, 15) is 14.4 Å². The summed E-state index contributed by atoms with van der Waals surface area (Å²) in [4.78, 5) is 32.2. The van der Waals surface area contributed by atoms with E-state index in [0.717, 1.165) is 19.3 Å². The first-order valence-corrected chi connectivity index (χ1v) is 9.79. The van der Waals surface area contributed by atoms with Gasteiger partial charge in [-0.25, -0.2) is 0 Å². The fourth-order valence-electron chi connectivity index (χ4n) is 3.26. The van der Waals surface area contributed by atoms with Crippen LogP contribution < -0.4 is 0 Å². The highest BCUT2D eigenvalue weighted by Gasteiger charge is 2.39. The Kier molecular flexibility index (Phi) is 11.0. The Morgan fingerprint density at radius 2 is 1.19 bits per heavy atom. The third kappa shape index (κ3) is 10.3. The lowest BCUT2D eigenvalue weighted by Crippen LogP contribution is -2.42. The zero-order chi connectivity index (χ0) is 20.1. The van der Waals surface area contributed by atoms with Gasteiger partial charge >= 0.3 is 17.9 Å². The number of carboxylic acid groups (broad SMARTS) is 3. The highest BCUT2D eigenvalue weighted by molar-refractivity contribution is 5.70. The molecule has 27 heavy (non-hydrogen) atoms. The maximum absolute atomic E-state index is 11.2. The van der Waals surface area contributed by atoms with Crippen LogP contribution >= 0.6 is 0 Å². The molecule has 0 bridgehead atoms. The molecule has 156 valence electrons. The molecule has 0 heterocycles. The number of hydrogen-bond donors (Lipinski definition) is 3. The van der Waals surface area contributed by atoms with Crippen LogP contribution in [0.2, 0.25) is 0 Å². The standard InChI is InChI=1S/C19H32O8/c20-16(21)7-3-1-2-5-13-26-19(27-14-6-4-8-17(22)23)11-9-15(10-12-19)18(24)25/h15H,1-14H2,(H,20,21)(H,22,23)(H,24,25). The summed E-state index contributed by atoms with van der Waals surface area (Å²) in [5.74, 6) is -3.55. The average Bonchev–Trinajstić information content (AvgIpc) is 2.60. The largest absolute Gasteiger partial charge is 0.481 e. The van der Waals surface area contributed by atoms with Gasteiger partial charge in [0.25, 0.3) is 0 Å².